The van der Waals surface area contributed by atoms with Crippen LogP contribution in [0.2, 0.25) is 0 Å². The Morgan fingerprint density at radius 3 is 2.65 bits per heavy atom. The summed E-state index contributed by atoms with van der Waals surface area (Å²) in [5.41, 5.74) is 0.602. The minimum absolute atomic E-state index is 0.0914. The van der Waals surface area contributed by atoms with E-state index in [9.17, 15) is 8.78 Å². The standard InChI is InChI=1S/C13H18F2N2/c1-10(9-17-6-4-16-5-7-17)12-3-2-11(14)8-13(12)15/h2-3,8,10,16H,4-7,9H2,1H3. The summed E-state index contributed by atoms with van der Waals surface area (Å²) in [4.78, 5) is 2.31. The lowest BCUT2D eigenvalue weighted by atomic mass is 9.99. The Labute approximate surface area is 101 Å². The van der Waals surface area contributed by atoms with E-state index in [0.717, 1.165) is 38.8 Å². The summed E-state index contributed by atoms with van der Waals surface area (Å²) in [6.45, 7) is 6.76. The van der Waals surface area contributed by atoms with E-state index in [0.29, 0.717) is 5.56 Å². The van der Waals surface area contributed by atoms with Crippen LogP contribution < -0.4 is 5.32 Å². The van der Waals surface area contributed by atoms with Gasteiger partial charge in [0, 0.05) is 38.8 Å². The average molecular weight is 240 g/mol. The smallest absolute Gasteiger partial charge is 0.129 e. The van der Waals surface area contributed by atoms with Crippen LogP contribution in [0, 0.1) is 11.6 Å². The maximum Gasteiger partial charge on any atom is 0.129 e. The molecule has 0 spiro atoms. The molecule has 0 bridgehead atoms. The Kier molecular flexibility index (Phi) is 4.07. The van der Waals surface area contributed by atoms with Crippen molar-refractivity contribution in [2.45, 2.75) is 12.8 Å². The second-order valence-corrected chi connectivity index (χ2v) is 4.62. The highest BCUT2D eigenvalue weighted by atomic mass is 19.1. The third-order valence-electron chi connectivity index (χ3n) is 3.24. The highest BCUT2D eigenvalue weighted by Crippen LogP contribution is 2.20. The predicted octanol–water partition coefficient (Wildman–Crippen LogP) is 1.97. The molecule has 2 nitrogen and oxygen atoms in total. The second-order valence-electron chi connectivity index (χ2n) is 4.62. The average Bonchev–Trinajstić information content (AvgIpc) is 2.30. The molecule has 1 fully saturated rings. The highest BCUT2D eigenvalue weighted by Gasteiger charge is 2.17. The van der Waals surface area contributed by atoms with Gasteiger partial charge in [0.15, 0.2) is 0 Å². The van der Waals surface area contributed by atoms with Crippen molar-refractivity contribution in [3.63, 3.8) is 0 Å². The monoisotopic (exact) mass is 240 g/mol. The lowest BCUT2D eigenvalue weighted by molar-refractivity contribution is 0.229. The van der Waals surface area contributed by atoms with Crippen molar-refractivity contribution < 1.29 is 8.78 Å². The minimum Gasteiger partial charge on any atom is -0.314 e. The van der Waals surface area contributed by atoms with Crippen LogP contribution >= 0.6 is 0 Å². The summed E-state index contributed by atoms with van der Waals surface area (Å²) in [6.07, 6.45) is 0. The fraction of sp³-hybridized carbons (Fsp3) is 0.538. The van der Waals surface area contributed by atoms with Gasteiger partial charge >= 0.3 is 0 Å². The van der Waals surface area contributed by atoms with Gasteiger partial charge < -0.3 is 10.2 Å². The maximum atomic E-state index is 13.6. The molecule has 1 atom stereocenters. The van der Waals surface area contributed by atoms with Crippen LogP contribution in [-0.4, -0.2) is 37.6 Å². The number of hydrogen-bond acceptors (Lipinski definition) is 2. The predicted molar refractivity (Wildman–Crippen MR) is 64.1 cm³/mol. The zero-order chi connectivity index (χ0) is 12.3. The van der Waals surface area contributed by atoms with Crippen LogP contribution in [0.4, 0.5) is 8.78 Å². The van der Waals surface area contributed by atoms with Gasteiger partial charge in [-0.3, -0.25) is 0 Å². The van der Waals surface area contributed by atoms with E-state index < -0.39 is 11.6 Å². The van der Waals surface area contributed by atoms with Crippen LogP contribution in [0.5, 0.6) is 0 Å². The van der Waals surface area contributed by atoms with E-state index in [1.807, 2.05) is 6.92 Å². The van der Waals surface area contributed by atoms with Crippen molar-refractivity contribution in [2.75, 3.05) is 32.7 Å². The summed E-state index contributed by atoms with van der Waals surface area (Å²) in [5, 5.41) is 3.28. The molecule has 94 valence electrons. The van der Waals surface area contributed by atoms with Crippen LogP contribution in [0.1, 0.15) is 18.4 Å². The first kappa shape index (κ1) is 12.5. The Morgan fingerprint density at radius 1 is 1.29 bits per heavy atom. The molecule has 1 saturated heterocycles. The minimum atomic E-state index is -0.513. The van der Waals surface area contributed by atoms with Crippen LogP contribution in [0.3, 0.4) is 0 Å². The van der Waals surface area contributed by atoms with Gasteiger partial charge in [0.25, 0.3) is 0 Å². The normalized spacial score (nSPS) is 19.2. The number of hydrogen-bond donors (Lipinski definition) is 1. The molecule has 1 aromatic rings. The molecule has 1 N–H and O–H groups in total. The number of halogens is 2. The molecule has 1 aliphatic heterocycles. The van der Waals surface area contributed by atoms with E-state index in [1.165, 1.54) is 6.07 Å². The summed E-state index contributed by atoms with van der Waals surface area (Å²) < 4.78 is 26.4. The molecule has 1 unspecified atom stereocenters. The number of nitrogens with zero attached hydrogens (tertiary/aromatic N) is 1. The summed E-state index contributed by atoms with van der Waals surface area (Å²) >= 11 is 0. The molecule has 1 heterocycles. The number of piperazine rings is 1. The molecule has 0 saturated carbocycles. The first-order chi connectivity index (χ1) is 8.16. The van der Waals surface area contributed by atoms with Gasteiger partial charge in [-0.15, -0.1) is 0 Å². The fourth-order valence-corrected chi connectivity index (χ4v) is 2.28. The Bertz CT molecular complexity index is 376. The molecule has 2 rings (SSSR count). The van der Waals surface area contributed by atoms with E-state index in [1.54, 1.807) is 6.07 Å². The second kappa shape index (κ2) is 5.56. The Balaban J connectivity index is 2.00. The first-order valence-electron chi connectivity index (χ1n) is 6.05. The summed E-state index contributed by atoms with van der Waals surface area (Å²) in [7, 11) is 0. The molecular formula is C13H18F2N2. The molecule has 1 aromatic carbocycles. The van der Waals surface area contributed by atoms with Gasteiger partial charge in [0.2, 0.25) is 0 Å². The Morgan fingerprint density at radius 2 is 2.00 bits per heavy atom. The lowest BCUT2D eigenvalue weighted by Gasteiger charge is -2.29. The van der Waals surface area contributed by atoms with E-state index in [2.05, 4.69) is 10.2 Å². The fourth-order valence-electron chi connectivity index (χ4n) is 2.28. The van der Waals surface area contributed by atoms with Crippen molar-refractivity contribution in [1.82, 2.24) is 10.2 Å². The largest absolute Gasteiger partial charge is 0.314 e. The van der Waals surface area contributed by atoms with Gasteiger partial charge in [0.1, 0.15) is 11.6 Å². The molecule has 0 aliphatic carbocycles. The van der Waals surface area contributed by atoms with Crippen LogP contribution in [0.15, 0.2) is 18.2 Å². The highest BCUT2D eigenvalue weighted by molar-refractivity contribution is 5.22. The molecule has 17 heavy (non-hydrogen) atoms. The van der Waals surface area contributed by atoms with Gasteiger partial charge in [-0.1, -0.05) is 13.0 Å². The van der Waals surface area contributed by atoms with Gasteiger partial charge in [-0.25, -0.2) is 8.78 Å². The zero-order valence-electron chi connectivity index (χ0n) is 10.0. The van der Waals surface area contributed by atoms with Gasteiger partial charge in [0.05, 0.1) is 0 Å². The third-order valence-corrected chi connectivity index (χ3v) is 3.24. The van der Waals surface area contributed by atoms with Crippen LogP contribution in [-0.2, 0) is 0 Å². The summed E-state index contributed by atoms with van der Waals surface area (Å²) in [6, 6.07) is 3.84. The first-order valence-corrected chi connectivity index (χ1v) is 6.05. The SMILES string of the molecule is CC(CN1CCNCC1)c1ccc(F)cc1F. The van der Waals surface area contributed by atoms with E-state index in [-0.39, 0.29) is 5.92 Å². The van der Waals surface area contributed by atoms with Crippen molar-refractivity contribution >= 4 is 0 Å². The van der Waals surface area contributed by atoms with E-state index in [4.69, 9.17) is 0 Å². The molecular weight excluding hydrogens is 222 g/mol. The lowest BCUT2D eigenvalue weighted by Crippen LogP contribution is -2.44. The molecule has 4 heteroatoms. The van der Waals surface area contributed by atoms with Crippen LogP contribution in [0.25, 0.3) is 0 Å². The maximum absolute atomic E-state index is 13.6. The van der Waals surface area contributed by atoms with Gasteiger partial charge in [-0.05, 0) is 17.5 Å². The quantitative estimate of drug-likeness (QED) is 0.869. The number of rotatable bonds is 3. The van der Waals surface area contributed by atoms with E-state index >= 15 is 0 Å². The molecule has 0 amide bonds. The topological polar surface area (TPSA) is 15.3 Å². The van der Waals surface area contributed by atoms with Crippen molar-refractivity contribution in [3.8, 4) is 0 Å². The van der Waals surface area contributed by atoms with Gasteiger partial charge in [-0.2, -0.15) is 0 Å². The van der Waals surface area contributed by atoms with Crippen molar-refractivity contribution in [1.29, 1.82) is 0 Å². The zero-order valence-corrected chi connectivity index (χ0v) is 10.0. The Hall–Kier alpha value is -1.00. The molecule has 0 radical (unpaired) electrons. The molecule has 0 aromatic heterocycles. The molecule has 1 aliphatic rings. The number of benzene rings is 1. The third kappa shape index (κ3) is 3.23. The van der Waals surface area contributed by atoms with Crippen molar-refractivity contribution in [3.05, 3.63) is 35.4 Å². The van der Waals surface area contributed by atoms with Crippen molar-refractivity contribution in [2.24, 2.45) is 0 Å². The summed E-state index contributed by atoms with van der Waals surface area (Å²) in [5.74, 6) is -0.859. The number of nitrogens with one attached hydrogen (secondary N) is 1.